The van der Waals surface area contributed by atoms with E-state index in [2.05, 4.69) is 15.9 Å². The molecular weight excluding hydrogens is 232 g/mol. The van der Waals surface area contributed by atoms with E-state index >= 15 is 0 Å². The lowest BCUT2D eigenvalue weighted by Crippen LogP contribution is -1.90. The van der Waals surface area contributed by atoms with Gasteiger partial charge in [0.25, 0.3) is 0 Å². The van der Waals surface area contributed by atoms with Crippen LogP contribution in [0.1, 0.15) is 6.92 Å². The number of furan rings is 1. The number of para-hydroxylation sites is 1. The van der Waals surface area contributed by atoms with Crippen molar-refractivity contribution < 1.29 is 9.15 Å². The zero-order valence-corrected chi connectivity index (χ0v) is 8.80. The van der Waals surface area contributed by atoms with Crippen molar-refractivity contribution in [2.45, 2.75) is 6.92 Å². The second-order valence-electron chi connectivity index (χ2n) is 2.65. The van der Waals surface area contributed by atoms with Gasteiger partial charge in [-0.05, 0) is 35.0 Å². The highest BCUT2D eigenvalue weighted by Crippen LogP contribution is 2.32. The van der Waals surface area contributed by atoms with Crippen molar-refractivity contribution in [3.05, 3.63) is 28.9 Å². The molecule has 0 fully saturated rings. The van der Waals surface area contributed by atoms with Gasteiger partial charge in [0.05, 0.1) is 11.1 Å². The Labute approximate surface area is 84.6 Å². The third kappa shape index (κ3) is 1.44. The average molecular weight is 241 g/mol. The van der Waals surface area contributed by atoms with Crippen molar-refractivity contribution in [1.29, 1.82) is 0 Å². The van der Waals surface area contributed by atoms with Crippen molar-refractivity contribution in [3.63, 3.8) is 0 Å². The maximum Gasteiger partial charge on any atom is 0.176 e. The molecule has 0 amide bonds. The first-order valence-corrected chi connectivity index (χ1v) is 4.90. The molecule has 0 radical (unpaired) electrons. The zero-order valence-electron chi connectivity index (χ0n) is 7.21. The first-order chi connectivity index (χ1) is 6.33. The number of halogens is 1. The number of rotatable bonds is 2. The lowest BCUT2D eigenvalue weighted by molar-refractivity contribution is 0.338. The van der Waals surface area contributed by atoms with Crippen LogP contribution in [0, 0.1) is 0 Å². The van der Waals surface area contributed by atoms with Gasteiger partial charge in [-0.2, -0.15) is 0 Å². The highest BCUT2D eigenvalue weighted by molar-refractivity contribution is 9.10. The van der Waals surface area contributed by atoms with Crippen molar-refractivity contribution in [1.82, 2.24) is 0 Å². The van der Waals surface area contributed by atoms with Crippen molar-refractivity contribution in [2.24, 2.45) is 0 Å². The number of hydrogen-bond donors (Lipinski definition) is 0. The minimum Gasteiger partial charge on any atom is -0.490 e. The number of hydrogen-bond acceptors (Lipinski definition) is 2. The quantitative estimate of drug-likeness (QED) is 0.801. The summed E-state index contributed by atoms with van der Waals surface area (Å²) in [5, 5.41) is 1.05. The van der Waals surface area contributed by atoms with Crippen LogP contribution < -0.4 is 4.74 Å². The largest absolute Gasteiger partial charge is 0.490 e. The van der Waals surface area contributed by atoms with Gasteiger partial charge in [0.15, 0.2) is 11.3 Å². The van der Waals surface area contributed by atoms with E-state index in [9.17, 15) is 0 Å². The van der Waals surface area contributed by atoms with E-state index in [1.165, 1.54) is 0 Å². The van der Waals surface area contributed by atoms with Crippen molar-refractivity contribution >= 4 is 26.9 Å². The Hall–Kier alpha value is -0.960. The minimum atomic E-state index is 0.650. The topological polar surface area (TPSA) is 22.4 Å². The van der Waals surface area contributed by atoms with Gasteiger partial charge in [0.1, 0.15) is 6.26 Å². The summed E-state index contributed by atoms with van der Waals surface area (Å²) in [4.78, 5) is 0. The zero-order chi connectivity index (χ0) is 9.26. The van der Waals surface area contributed by atoms with Gasteiger partial charge in [-0.25, -0.2) is 0 Å². The van der Waals surface area contributed by atoms with E-state index in [0.29, 0.717) is 6.61 Å². The van der Waals surface area contributed by atoms with Crippen LogP contribution >= 0.6 is 15.9 Å². The van der Waals surface area contributed by atoms with Gasteiger partial charge in [-0.1, -0.05) is 6.07 Å². The molecule has 0 saturated heterocycles. The van der Waals surface area contributed by atoms with Crippen LogP contribution in [-0.2, 0) is 0 Å². The van der Waals surface area contributed by atoms with Crippen LogP contribution in [0.5, 0.6) is 5.75 Å². The summed E-state index contributed by atoms with van der Waals surface area (Å²) in [5.74, 6) is 0.797. The molecule has 0 bridgehead atoms. The molecule has 0 spiro atoms. The van der Waals surface area contributed by atoms with Gasteiger partial charge >= 0.3 is 0 Å². The molecule has 0 unspecified atom stereocenters. The fourth-order valence-electron chi connectivity index (χ4n) is 1.27. The van der Waals surface area contributed by atoms with E-state index in [1.807, 2.05) is 25.1 Å². The van der Waals surface area contributed by atoms with Crippen LogP contribution in [0.2, 0.25) is 0 Å². The highest BCUT2D eigenvalue weighted by atomic mass is 79.9. The van der Waals surface area contributed by atoms with Gasteiger partial charge < -0.3 is 9.15 Å². The van der Waals surface area contributed by atoms with Crippen LogP contribution in [-0.4, -0.2) is 6.61 Å². The number of benzene rings is 1. The third-order valence-corrected chi connectivity index (χ3v) is 2.43. The smallest absolute Gasteiger partial charge is 0.176 e. The summed E-state index contributed by atoms with van der Waals surface area (Å²) in [6, 6.07) is 5.85. The van der Waals surface area contributed by atoms with E-state index in [0.717, 1.165) is 21.2 Å². The van der Waals surface area contributed by atoms with Gasteiger partial charge in [0, 0.05) is 5.39 Å². The van der Waals surface area contributed by atoms with Gasteiger partial charge in [-0.3, -0.25) is 0 Å². The molecule has 0 aliphatic rings. The Kier molecular flexibility index (Phi) is 2.27. The fraction of sp³-hybridized carbons (Fsp3) is 0.200. The van der Waals surface area contributed by atoms with Crippen molar-refractivity contribution in [2.75, 3.05) is 6.61 Å². The Morgan fingerprint density at radius 1 is 1.46 bits per heavy atom. The molecule has 0 aliphatic carbocycles. The molecule has 13 heavy (non-hydrogen) atoms. The van der Waals surface area contributed by atoms with Gasteiger partial charge in [0.2, 0.25) is 0 Å². The molecule has 2 rings (SSSR count). The minimum absolute atomic E-state index is 0.650. The summed E-state index contributed by atoms with van der Waals surface area (Å²) < 4.78 is 11.7. The predicted molar refractivity (Wildman–Crippen MR) is 55.1 cm³/mol. The molecule has 1 aromatic carbocycles. The normalized spacial score (nSPS) is 10.6. The van der Waals surface area contributed by atoms with E-state index < -0.39 is 0 Å². The first-order valence-electron chi connectivity index (χ1n) is 4.11. The highest BCUT2D eigenvalue weighted by Gasteiger charge is 2.07. The summed E-state index contributed by atoms with van der Waals surface area (Å²) >= 11 is 3.40. The molecule has 1 heterocycles. The number of fused-ring (bicyclic) bond motifs is 1. The molecule has 2 nitrogen and oxygen atoms in total. The summed E-state index contributed by atoms with van der Waals surface area (Å²) in [6.07, 6.45) is 1.67. The molecular formula is C10H9BrO2. The summed E-state index contributed by atoms with van der Waals surface area (Å²) in [6.45, 7) is 2.61. The van der Waals surface area contributed by atoms with E-state index in [-0.39, 0.29) is 0 Å². The Morgan fingerprint density at radius 2 is 2.31 bits per heavy atom. The standard InChI is InChI=1S/C10H9BrO2/c1-2-12-9-5-3-4-7-8(11)6-13-10(7)9/h3-6H,2H2,1H3. The molecule has 0 saturated carbocycles. The molecule has 0 aliphatic heterocycles. The van der Waals surface area contributed by atoms with E-state index in [4.69, 9.17) is 9.15 Å². The Bertz CT molecular complexity index is 420. The lowest BCUT2D eigenvalue weighted by atomic mass is 10.2. The van der Waals surface area contributed by atoms with Gasteiger partial charge in [-0.15, -0.1) is 0 Å². The lowest BCUT2D eigenvalue weighted by Gasteiger charge is -2.01. The first kappa shape index (κ1) is 8.63. The van der Waals surface area contributed by atoms with Crippen LogP contribution in [0.15, 0.2) is 33.4 Å². The fourth-order valence-corrected chi connectivity index (χ4v) is 1.67. The average Bonchev–Trinajstić information content (AvgIpc) is 2.50. The van der Waals surface area contributed by atoms with Crippen LogP contribution in [0.4, 0.5) is 0 Å². The second kappa shape index (κ2) is 3.42. The SMILES string of the molecule is CCOc1cccc2c(Br)coc12. The Morgan fingerprint density at radius 3 is 3.08 bits per heavy atom. The third-order valence-electron chi connectivity index (χ3n) is 1.82. The maximum atomic E-state index is 5.42. The summed E-state index contributed by atoms with van der Waals surface area (Å²) in [7, 11) is 0. The monoisotopic (exact) mass is 240 g/mol. The maximum absolute atomic E-state index is 5.42. The number of ether oxygens (including phenoxy) is 1. The molecule has 0 atom stereocenters. The van der Waals surface area contributed by atoms with Crippen molar-refractivity contribution in [3.8, 4) is 5.75 Å². The molecule has 0 N–H and O–H groups in total. The molecule has 68 valence electrons. The molecule has 2 aromatic rings. The second-order valence-corrected chi connectivity index (χ2v) is 3.50. The predicted octanol–water partition coefficient (Wildman–Crippen LogP) is 3.59. The molecule has 1 aromatic heterocycles. The van der Waals surface area contributed by atoms with Crippen LogP contribution in [0.25, 0.3) is 11.0 Å². The summed E-state index contributed by atoms with van der Waals surface area (Å²) in [5.41, 5.74) is 0.802. The van der Waals surface area contributed by atoms with Crippen LogP contribution in [0.3, 0.4) is 0 Å². The van der Waals surface area contributed by atoms with E-state index in [1.54, 1.807) is 6.26 Å². The molecule has 3 heteroatoms. The Balaban J connectivity index is 2.63.